The van der Waals surface area contributed by atoms with Gasteiger partial charge in [0.05, 0.1) is 13.0 Å². The summed E-state index contributed by atoms with van der Waals surface area (Å²) in [5.74, 6) is 0.802. The Kier molecular flexibility index (Phi) is 3.94. The van der Waals surface area contributed by atoms with Crippen LogP contribution in [0.15, 0.2) is 41.8 Å². The predicted molar refractivity (Wildman–Crippen MR) is 69.8 cm³/mol. The molecule has 0 radical (unpaired) electrons. The van der Waals surface area contributed by atoms with Crippen LogP contribution in [0.3, 0.4) is 0 Å². The second-order valence-corrected chi connectivity index (χ2v) is 4.79. The van der Waals surface area contributed by atoms with Crippen LogP contribution in [0.5, 0.6) is 5.75 Å². The van der Waals surface area contributed by atoms with Crippen LogP contribution in [0.4, 0.5) is 0 Å². The summed E-state index contributed by atoms with van der Waals surface area (Å²) in [5.41, 5.74) is 1.15. The van der Waals surface area contributed by atoms with Crippen molar-refractivity contribution < 1.29 is 9.53 Å². The summed E-state index contributed by atoms with van der Waals surface area (Å²) in [5, 5.41) is 2.00. The standard InChI is InChI=1S/C14H14O2S/c1-16-13-6-4-11(5-7-13)9-12(10-15)14-3-2-8-17-14/h2-8,10,12H,9H2,1H3. The zero-order chi connectivity index (χ0) is 12.1. The number of benzene rings is 1. The molecule has 1 aromatic carbocycles. The van der Waals surface area contributed by atoms with E-state index < -0.39 is 0 Å². The van der Waals surface area contributed by atoms with E-state index in [1.165, 1.54) is 0 Å². The van der Waals surface area contributed by atoms with Gasteiger partial charge in [0, 0.05) is 4.88 Å². The maximum absolute atomic E-state index is 11.1. The van der Waals surface area contributed by atoms with E-state index in [9.17, 15) is 4.79 Å². The molecule has 2 aromatic rings. The van der Waals surface area contributed by atoms with Crippen LogP contribution in [0.2, 0.25) is 0 Å². The molecule has 0 aliphatic carbocycles. The first-order valence-electron chi connectivity index (χ1n) is 5.45. The maximum Gasteiger partial charge on any atom is 0.128 e. The highest BCUT2D eigenvalue weighted by molar-refractivity contribution is 7.10. The van der Waals surface area contributed by atoms with Gasteiger partial charge in [-0.2, -0.15) is 0 Å². The number of hydrogen-bond acceptors (Lipinski definition) is 3. The van der Waals surface area contributed by atoms with Crippen LogP contribution in [0.25, 0.3) is 0 Å². The van der Waals surface area contributed by atoms with Crippen molar-refractivity contribution in [2.24, 2.45) is 0 Å². The molecule has 0 amide bonds. The number of hydrogen-bond donors (Lipinski definition) is 0. The van der Waals surface area contributed by atoms with Crippen LogP contribution in [0.1, 0.15) is 16.4 Å². The van der Waals surface area contributed by atoms with Crippen molar-refractivity contribution in [1.82, 2.24) is 0 Å². The molecule has 0 bridgehead atoms. The molecule has 2 rings (SSSR count). The minimum absolute atomic E-state index is 0.0385. The lowest BCUT2D eigenvalue weighted by Crippen LogP contribution is -2.02. The molecule has 1 atom stereocenters. The Labute approximate surface area is 105 Å². The van der Waals surface area contributed by atoms with Crippen LogP contribution >= 0.6 is 11.3 Å². The lowest BCUT2D eigenvalue weighted by Gasteiger charge is -2.08. The molecule has 0 saturated heterocycles. The van der Waals surface area contributed by atoms with Crippen molar-refractivity contribution in [3.05, 3.63) is 52.2 Å². The van der Waals surface area contributed by atoms with E-state index in [2.05, 4.69) is 0 Å². The van der Waals surface area contributed by atoms with Gasteiger partial charge in [0.1, 0.15) is 12.0 Å². The first-order chi connectivity index (χ1) is 8.33. The number of thiophene rings is 1. The number of ether oxygens (including phenoxy) is 1. The van der Waals surface area contributed by atoms with Gasteiger partial charge in [-0.05, 0) is 35.6 Å². The molecule has 3 heteroatoms. The van der Waals surface area contributed by atoms with E-state index in [4.69, 9.17) is 4.74 Å². The zero-order valence-electron chi connectivity index (χ0n) is 9.63. The van der Waals surface area contributed by atoms with Crippen LogP contribution in [-0.2, 0) is 11.2 Å². The number of carbonyl (C=O) groups is 1. The van der Waals surface area contributed by atoms with Gasteiger partial charge in [-0.25, -0.2) is 0 Å². The summed E-state index contributed by atoms with van der Waals surface area (Å²) in [6.45, 7) is 0. The summed E-state index contributed by atoms with van der Waals surface area (Å²) in [6, 6.07) is 11.8. The van der Waals surface area contributed by atoms with E-state index in [0.717, 1.165) is 28.9 Å². The Balaban J connectivity index is 2.10. The lowest BCUT2D eigenvalue weighted by molar-refractivity contribution is -0.109. The van der Waals surface area contributed by atoms with Gasteiger partial charge in [0.15, 0.2) is 0 Å². The van der Waals surface area contributed by atoms with Gasteiger partial charge in [-0.1, -0.05) is 18.2 Å². The van der Waals surface area contributed by atoms with Crippen molar-refractivity contribution in [2.45, 2.75) is 12.3 Å². The molecule has 0 saturated carbocycles. The van der Waals surface area contributed by atoms with E-state index in [1.807, 2.05) is 41.8 Å². The van der Waals surface area contributed by atoms with Gasteiger partial charge in [0.25, 0.3) is 0 Å². The smallest absolute Gasteiger partial charge is 0.128 e. The number of carbonyl (C=O) groups excluding carboxylic acids is 1. The van der Waals surface area contributed by atoms with Crippen LogP contribution < -0.4 is 4.74 Å². The first-order valence-corrected chi connectivity index (χ1v) is 6.33. The SMILES string of the molecule is COc1ccc(CC(C=O)c2cccs2)cc1. The highest BCUT2D eigenvalue weighted by Gasteiger charge is 2.12. The van der Waals surface area contributed by atoms with Crippen molar-refractivity contribution in [2.75, 3.05) is 7.11 Å². The van der Waals surface area contributed by atoms with E-state index in [-0.39, 0.29) is 5.92 Å². The molecule has 0 N–H and O–H groups in total. The van der Waals surface area contributed by atoms with Gasteiger partial charge in [0.2, 0.25) is 0 Å². The summed E-state index contributed by atoms with van der Waals surface area (Å²) >= 11 is 1.63. The molecule has 88 valence electrons. The minimum atomic E-state index is -0.0385. The topological polar surface area (TPSA) is 26.3 Å². The summed E-state index contributed by atoms with van der Waals surface area (Å²) in [4.78, 5) is 12.2. The molecular weight excluding hydrogens is 232 g/mol. The van der Waals surface area contributed by atoms with Gasteiger partial charge in [-0.15, -0.1) is 11.3 Å². The van der Waals surface area contributed by atoms with Gasteiger partial charge in [-0.3, -0.25) is 0 Å². The maximum atomic E-state index is 11.1. The third kappa shape index (κ3) is 2.94. The van der Waals surface area contributed by atoms with Crippen molar-refractivity contribution >= 4 is 17.6 Å². The fraction of sp³-hybridized carbons (Fsp3) is 0.214. The molecule has 0 fully saturated rings. The Morgan fingerprint density at radius 2 is 2.06 bits per heavy atom. The summed E-state index contributed by atoms with van der Waals surface area (Å²) in [6.07, 6.45) is 1.77. The van der Waals surface area contributed by atoms with E-state index in [0.29, 0.717) is 0 Å². The van der Waals surface area contributed by atoms with Crippen molar-refractivity contribution in [3.63, 3.8) is 0 Å². The van der Waals surface area contributed by atoms with Crippen molar-refractivity contribution in [3.8, 4) is 5.75 Å². The first kappa shape index (κ1) is 11.9. The van der Waals surface area contributed by atoms with E-state index in [1.54, 1.807) is 18.4 Å². The average molecular weight is 246 g/mol. The second kappa shape index (κ2) is 5.64. The minimum Gasteiger partial charge on any atom is -0.497 e. The highest BCUT2D eigenvalue weighted by Crippen LogP contribution is 2.24. The predicted octanol–water partition coefficient (Wildman–Crippen LogP) is 3.28. The second-order valence-electron chi connectivity index (χ2n) is 3.81. The Hall–Kier alpha value is -1.61. The fourth-order valence-corrected chi connectivity index (χ4v) is 2.52. The highest BCUT2D eigenvalue weighted by atomic mass is 32.1. The number of aldehydes is 1. The monoisotopic (exact) mass is 246 g/mol. The third-order valence-corrected chi connectivity index (χ3v) is 3.69. The summed E-state index contributed by atoms with van der Waals surface area (Å²) in [7, 11) is 1.65. The third-order valence-electron chi connectivity index (χ3n) is 2.69. The molecule has 1 aromatic heterocycles. The summed E-state index contributed by atoms with van der Waals surface area (Å²) < 4.78 is 5.11. The van der Waals surface area contributed by atoms with Gasteiger partial charge >= 0.3 is 0 Å². The van der Waals surface area contributed by atoms with Crippen LogP contribution in [-0.4, -0.2) is 13.4 Å². The Morgan fingerprint density at radius 3 is 2.59 bits per heavy atom. The molecule has 0 spiro atoms. The number of rotatable bonds is 5. The van der Waals surface area contributed by atoms with E-state index >= 15 is 0 Å². The van der Waals surface area contributed by atoms with Crippen LogP contribution in [0, 0.1) is 0 Å². The molecule has 0 aliphatic heterocycles. The number of methoxy groups -OCH3 is 1. The molecule has 0 aliphatic rings. The van der Waals surface area contributed by atoms with Gasteiger partial charge < -0.3 is 9.53 Å². The molecule has 2 nitrogen and oxygen atoms in total. The van der Waals surface area contributed by atoms with Crippen molar-refractivity contribution in [1.29, 1.82) is 0 Å². The molecule has 17 heavy (non-hydrogen) atoms. The molecule has 1 heterocycles. The molecule has 1 unspecified atom stereocenters. The normalized spacial score (nSPS) is 12.1. The zero-order valence-corrected chi connectivity index (χ0v) is 10.4. The Bertz CT molecular complexity index is 459. The quantitative estimate of drug-likeness (QED) is 0.757. The lowest BCUT2D eigenvalue weighted by atomic mass is 9.99. The largest absolute Gasteiger partial charge is 0.497 e. The Morgan fingerprint density at radius 1 is 1.29 bits per heavy atom. The average Bonchev–Trinajstić information content (AvgIpc) is 2.90. The molecular formula is C14H14O2S. The fourth-order valence-electron chi connectivity index (χ4n) is 1.73.